The van der Waals surface area contributed by atoms with E-state index in [0.29, 0.717) is 6.04 Å². The van der Waals surface area contributed by atoms with E-state index in [1.165, 1.54) is 18.4 Å². The first-order chi connectivity index (χ1) is 6.66. The van der Waals surface area contributed by atoms with Gasteiger partial charge < -0.3 is 5.32 Å². The lowest BCUT2D eigenvalue weighted by atomic mass is 9.81. The quantitative estimate of drug-likeness (QED) is 0.780. The predicted octanol–water partition coefficient (Wildman–Crippen LogP) is 3.86. The van der Waals surface area contributed by atoms with Crippen LogP contribution in [0.5, 0.6) is 0 Å². The molecular formula is C12H16ClN. The summed E-state index contributed by atoms with van der Waals surface area (Å²) in [5, 5.41) is 4.33. The van der Waals surface area contributed by atoms with E-state index in [-0.39, 0.29) is 0 Å². The molecule has 0 aromatic heterocycles. The van der Waals surface area contributed by atoms with Crippen molar-refractivity contribution in [2.75, 3.05) is 5.32 Å². The van der Waals surface area contributed by atoms with E-state index < -0.39 is 0 Å². The highest BCUT2D eigenvalue weighted by Crippen LogP contribution is 2.32. The second kappa shape index (κ2) is 3.82. The highest BCUT2D eigenvalue weighted by atomic mass is 35.5. The molecule has 1 nitrogen and oxygen atoms in total. The lowest BCUT2D eigenvalue weighted by Gasteiger charge is -2.35. The van der Waals surface area contributed by atoms with Gasteiger partial charge in [-0.3, -0.25) is 0 Å². The maximum atomic E-state index is 6.11. The van der Waals surface area contributed by atoms with Crippen molar-refractivity contribution in [3.05, 3.63) is 28.8 Å². The maximum absolute atomic E-state index is 6.11. The Morgan fingerprint density at radius 2 is 2.14 bits per heavy atom. The van der Waals surface area contributed by atoms with Crippen molar-refractivity contribution in [3.63, 3.8) is 0 Å². The Kier molecular flexibility index (Phi) is 2.69. The van der Waals surface area contributed by atoms with Crippen LogP contribution in [0.4, 0.5) is 5.69 Å². The largest absolute Gasteiger partial charge is 0.381 e. The molecule has 76 valence electrons. The fraction of sp³-hybridized carbons (Fsp3) is 0.500. The summed E-state index contributed by atoms with van der Waals surface area (Å²) in [7, 11) is 0. The van der Waals surface area contributed by atoms with E-state index in [4.69, 9.17) is 11.6 Å². The van der Waals surface area contributed by atoms with Gasteiger partial charge >= 0.3 is 0 Å². The van der Waals surface area contributed by atoms with Crippen molar-refractivity contribution in [3.8, 4) is 0 Å². The van der Waals surface area contributed by atoms with Crippen LogP contribution in [0.3, 0.4) is 0 Å². The van der Waals surface area contributed by atoms with Crippen LogP contribution in [-0.4, -0.2) is 6.04 Å². The molecule has 2 heteroatoms. The molecule has 0 heterocycles. The Morgan fingerprint density at radius 3 is 2.71 bits per heavy atom. The zero-order chi connectivity index (χ0) is 10.1. The van der Waals surface area contributed by atoms with Gasteiger partial charge in [0.15, 0.2) is 0 Å². The van der Waals surface area contributed by atoms with Crippen molar-refractivity contribution in [1.82, 2.24) is 0 Å². The molecule has 0 radical (unpaired) electrons. The number of hydrogen-bond acceptors (Lipinski definition) is 1. The van der Waals surface area contributed by atoms with E-state index in [1.807, 2.05) is 12.1 Å². The van der Waals surface area contributed by atoms with Crippen LogP contribution in [0.1, 0.15) is 25.3 Å². The van der Waals surface area contributed by atoms with Crippen molar-refractivity contribution >= 4 is 17.3 Å². The summed E-state index contributed by atoms with van der Waals surface area (Å²) in [5.41, 5.74) is 2.34. The van der Waals surface area contributed by atoms with Crippen molar-refractivity contribution in [1.29, 1.82) is 0 Å². The highest BCUT2D eigenvalue weighted by Gasteiger charge is 2.26. The fourth-order valence-electron chi connectivity index (χ4n) is 1.83. The average Bonchev–Trinajstić information content (AvgIpc) is 2.17. The molecule has 2 atom stereocenters. The molecule has 1 saturated carbocycles. The second-order valence-electron chi connectivity index (χ2n) is 4.29. The molecule has 0 aliphatic heterocycles. The minimum absolute atomic E-state index is 0.620. The fourth-order valence-corrected chi connectivity index (χ4v) is 2.00. The first kappa shape index (κ1) is 9.85. The molecule has 0 amide bonds. The number of nitrogens with one attached hydrogen (secondary N) is 1. The number of rotatable bonds is 2. The Hall–Kier alpha value is -0.690. The number of anilines is 1. The third kappa shape index (κ3) is 1.88. The molecule has 2 unspecified atom stereocenters. The Morgan fingerprint density at radius 1 is 1.36 bits per heavy atom. The van der Waals surface area contributed by atoms with Crippen LogP contribution >= 0.6 is 11.6 Å². The summed E-state index contributed by atoms with van der Waals surface area (Å²) in [6.45, 7) is 4.37. The highest BCUT2D eigenvalue weighted by molar-refractivity contribution is 6.33. The molecule has 1 aliphatic carbocycles. The van der Waals surface area contributed by atoms with Crippen LogP contribution in [0.2, 0.25) is 5.02 Å². The van der Waals surface area contributed by atoms with Crippen molar-refractivity contribution in [2.45, 2.75) is 32.7 Å². The van der Waals surface area contributed by atoms with Crippen LogP contribution < -0.4 is 5.32 Å². The molecule has 1 fully saturated rings. The summed E-state index contributed by atoms with van der Waals surface area (Å²) < 4.78 is 0. The van der Waals surface area contributed by atoms with Gasteiger partial charge in [0.2, 0.25) is 0 Å². The molecule has 1 aromatic carbocycles. The van der Waals surface area contributed by atoms with Crippen LogP contribution in [0.15, 0.2) is 18.2 Å². The van der Waals surface area contributed by atoms with Crippen LogP contribution in [-0.2, 0) is 0 Å². The predicted molar refractivity (Wildman–Crippen MR) is 62.0 cm³/mol. The molecule has 1 N–H and O–H groups in total. The summed E-state index contributed by atoms with van der Waals surface area (Å²) in [4.78, 5) is 0. The van der Waals surface area contributed by atoms with Gasteiger partial charge in [-0.05, 0) is 43.4 Å². The van der Waals surface area contributed by atoms with E-state index in [2.05, 4.69) is 25.2 Å². The smallest absolute Gasteiger partial charge is 0.0637 e. The maximum Gasteiger partial charge on any atom is 0.0637 e. The summed E-state index contributed by atoms with van der Waals surface area (Å²) in [6, 6.07) is 6.74. The van der Waals surface area contributed by atoms with Crippen LogP contribution in [0.25, 0.3) is 0 Å². The van der Waals surface area contributed by atoms with Gasteiger partial charge in [0.25, 0.3) is 0 Å². The first-order valence-corrected chi connectivity index (χ1v) is 5.57. The molecule has 1 aliphatic rings. The summed E-state index contributed by atoms with van der Waals surface area (Å²) in [5.74, 6) is 0.784. The standard InChI is InChI=1S/C12H16ClN/c1-8-3-5-10(13)12(7-8)14-11-6-4-9(11)2/h3,5,7,9,11,14H,4,6H2,1-2H3. The normalized spacial score (nSPS) is 25.6. The molecular weight excluding hydrogens is 194 g/mol. The minimum atomic E-state index is 0.620. The van der Waals surface area contributed by atoms with Gasteiger partial charge in [-0.15, -0.1) is 0 Å². The van der Waals surface area contributed by atoms with Crippen molar-refractivity contribution in [2.24, 2.45) is 5.92 Å². The van der Waals surface area contributed by atoms with Gasteiger partial charge in [-0.2, -0.15) is 0 Å². The van der Waals surface area contributed by atoms with Gasteiger partial charge in [-0.1, -0.05) is 24.6 Å². The van der Waals surface area contributed by atoms with Gasteiger partial charge in [0, 0.05) is 6.04 Å². The molecule has 2 rings (SSSR count). The third-order valence-electron chi connectivity index (χ3n) is 3.08. The Balaban J connectivity index is 2.11. The first-order valence-electron chi connectivity index (χ1n) is 5.19. The zero-order valence-corrected chi connectivity index (χ0v) is 9.43. The SMILES string of the molecule is Cc1ccc(Cl)c(NC2CCC2C)c1. The molecule has 0 spiro atoms. The van der Waals surface area contributed by atoms with Crippen molar-refractivity contribution < 1.29 is 0 Å². The second-order valence-corrected chi connectivity index (χ2v) is 4.70. The summed E-state index contributed by atoms with van der Waals surface area (Å²) in [6.07, 6.45) is 2.60. The molecule has 0 bridgehead atoms. The number of hydrogen-bond donors (Lipinski definition) is 1. The molecule has 14 heavy (non-hydrogen) atoms. The zero-order valence-electron chi connectivity index (χ0n) is 8.68. The Labute approximate surface area is 90.5 Å². The lowest BCUT2D eigenvalue weighted by molar-refractivity contribution is 0.303. The minimum Gasteiger partial charge on any atom is -0.381 e. The number of aryl methyl sites for hydroxylation is 1. The van der Waals surface area contributed by atoms with E-state index in [0.717, 1.165) is 16.6 Å². The monoisotopic (exact) mass is 209 g/mol. The topological polar surface area (TPSA) is 12.0 Å². The van der Waals surface area contributed by atoms with E-state index in [9.17, 15) is 0 Å². The van der Waals surface area contributed by atoms with Gasteiger partial charge in [-0.25, -0.2) is 0 Å². The molecule has 0 saturated heterocycles. The molecule has 1 aromatic rings. The Bertz CT molecular complexity index is 335. The average molecular weight is 210 g/mol. The third-order valence-corrected chi connectivity index (χ3v) is 3.41. The van der Waals surface area contributed by atoms with E-state index in [1.54, 1.807) is 0 Å². The van der Waals surface area contributed by atoms with Gasteiger partial charge in [0.05, 0.1) is 10.7 Å². The number of benzene rings is 1. The van der Waals surface area contributed by atoms with E-state index >= 15 is 0 Å². The van der Waals surface area contributed by atoms with Gasteiger partial charge in [0.1, 0.15) is 0 Å². The van der Waals surface area contributed by atoms with Crippen LogP contribution in [0, 0.1) is 12.8 Å². The summed E-state index contributed by atoms with van der Waals surface area (Å²) >= 11 is 6.11. The lowest BCUT2D eigenvalue weighted by Crippen LogP contribution is -2.36. The number of halogens is 1.